The third-order valence-corrected chi connectivity index (χ3v) is 9.39. The highest BCUT2D eigenvalue weighted by molar-refractivity contribution is 7.99. The maximum atomic E-state index is 13.6. The van der Waals surface area contributed by atoms with Crippen molar-refractivity contribution >= 4 is 45.7 Å². The molecule has 0 aliphatic rings. The lowest BCUT2D eigenvalue weighted by Crippen LogP contribution is -2.41. The summed E-state index contributed by atoms with van der Waals surface area (Å²) in [6.45, 7) is 5.42. The van der Waals surface area contributed by atoms with E-state index in [0.29, 0.717) is 22.2 Å². The Morgan fingerprint density at radius 2 is 1.81 bits per heavy atom. The Morgan fingerprint density at radius 1 is 1.09 bits per heavy atom. The number of amides is 1. The van der Waals surface area contributed by atoms with Crippen LogP contribution in [0.1, 0.15) is 48.2 Å². The summed E-state index contributed by atoms with van der Waals surface area (Å²) in [5.74, 6) is -2.89. The van der Waals surface area contributed by atoms with E-state index >= 15 is 0 Å². The molecule has 0 fully saturated rings. The summed E-state index contributed by atoms with van der Waals surface area (Å²) >= 11 is 0.801. The fourth-order valence-electron chi connectivity index (χ4n) is 5.19. The highest BCUT2D eigenvalue weighted by Crippen LogP contribution is 2.29. The van der Waals surface area contributed by atoms with E-state index < -0.39 is 45.9 Å². The second-order valence-electron chi connectivity index (χ2n) is 11.8. The van der Waals surface area contributed by atoms with Gasteiger partial charge in [-0.1, -0.05) is 42.5 Å². The molecular weight excluding hydrogens is 656 g/mol. The number of hydrogen-bond donors (Lipinski definition) is 2. The third-order valence-electron chi connectivity index (χ3n) is 7.53. The van der Waals surface area contributed by atoms with Gasteiger partial charge in [0.2, 0.25) is 5.91 Å². The number of benzene rings is 2. The molecule has 1 unspecified atom stereocenters. The van der Waals surface area contributed by atoms with E-state index in [1.807, 2.05) is 30.3 Å². The number of carbonyl (C=O) groups excluding carboxylic acids is 1. The number of carboxylic acid groups (broad SMARTS) is 1. The van der Waals surface area contributed by atoms with Crippen LogP contribution in [-0.2, 0) is 45.5 Å². The number of aromatic amines is 1. The first kappa shape index (κ1) is 35.7. The van der Waals surface area contributed by atoms with Crippen molar-refractivity contribution in [2.75, 3.05) is 6.54 Å². The van der Waals surface area contributed by atoms with Crippen LogP contribution in [0.5, 0.6) is 0 Å². The number of carboxylic acids is 1. The largest absolute Gasteiger partial charge is 0.481 e. The number of nitroso groups, excluding NO2 is 1. The maximum Gasteiger partial charge on any atom is 0.393 e. The molecule has 10 nitrogen and oxygen atoms in total. The van der Waals surface area contributed by atoms with Gasteiger partial charge in [-0.05, 0) is 61.6 Å². The first-order valence-corrected chi connectivity index (χ1v) is 16.7. The van der Waals surface area contributed by atoms with Crippen molar-refractivity contribution in [1.29, 1.82) is 0 Å². The number of rotatable bonds is 15. The standard InChI is InChI=1S/C32H34F3N5O5S2/c1-20-23(16-32(33,34)35)12-13-36-26(20)18-47(45)30-37-25-11-7-10-22(28(25)38-30)14-24(29(42)43)15-27(41)40(19-31(2,3)46-39-44)17-21-8-5-4-6-9-21/h4-13,24H,14-19H2,1-3H3,(H,37,38)(H,42,43)/t24-,47?/m1/s1. The predicted molar refractivity (Wildman–Crippen MR) is 174 cm³/mol. The zero-order chi connectivity index (χ0) is 34.4. The summed E-state index contributed by atoms with van der Waals surface area (Å²) in [6, 6.07) is 15.5. The van der Waals surface area contributed by atoms with Crippen molar-refractivity contribution in [3.05, 3.63) is 93.6 Å². The highest BCUT2D eigenvalue weighted by atomic mass is 32.2. The fourth-order valence-corrected chi connectivity index (χ4v) is 6.70. The minimum absolute atomic E-state index is 0.0470. The average Bonchev–Trinajstić information content (AvgIpc) is 3.44. The van der Waals surface area contributed by atoms with Crippen molar-refractivity contribution in [2.45, 2.75) is 68.4 Å². The van der Waals surface area contributed by atoms with E-state index in [-0.39, 0.29) is 48.1 Å². The Hall–Kier alpha value is -4.11. The fraction of sp³-hybridized carbons (Fsp3) is 0.375. The minimum Gasteiger partial charge on any atom is -0.481 e. The summed E-state index contributed by atoms with van der Waals surface area (Å²) < 4.78 is 54.5. The second kappa shape index (κ2) is 15.2. The quantitative estimate of drug-likeness (QED) is 0.106. The van der Waals surface area contributed by atoms with Gasteiger partial charge in [-0.2, -0.15) is 13.2 Å². The molecule has 0 spiro atoms. The number of pyridine rings is 1. The van der Waals surface area contributed by atoms with Crippen molar-refractivity contribution in [3.8, 4) is 0 Å². The van der Waals surface area contributed by atoms with Gasteiger partial charge in [-0.15, -0.1) is 4.91 Å². The van der Waals surface area contributed by atoms with E-state index in [2.05, 4.69) is 19.5 Å². The zero-order valence-electron chi connectivity index (χ0n) is 25.9. The molecule has 250 valence electrons. The lowest BCUT2D eigenvalue weighted by molar-refractivity contribution is -0.146. The number of nitrogens with one attached hydrogen (secondary N) is 1. The van der Waals surface area contributed by atoms with Crippen LogP contribution >= 0.6 is 11.9 Å². The number of alkyl halides is 3. The molecule has 2 aromatic heterocycles. The van der Waals surface area contributed by atoms with Crippen LogP contribution in [0.15, 0.2) is 70.5 Å². The number of nitrogens with zero attached hydrogens (tertiary/aromatic N) is 4. The van der Waals surface area contributed by atoms with Gasteiger partial charge in [0.1, 0.15) is 0 Å². The normalized spacial score (nSPS) is 13.3. The number of para-hydroxylation sites is 1. The van der Waals surface area contributed by atoms with E-state index in [4.69, 9.17) is 0 Å². The number of fused-ring (bicyclic) bond motifs is 1. The molecule has 2 heterocycles. The number of aromatic nitrogens is 3. The molecule has 0 saturated carbocycles. The number of carbonyl (C=O) groups is 2. The van der Waals surface area contributed by atoms with Crippen LogP contribution in [0.25, 0.3) is 11.0 Å². The second-order valence-corrected chi connectivity index (χ2v) is 14.6. The van der Waals surface area contributed by atoms with Crippen LogP contribution in [0.4, 0.5) is 13.2 Å². The number of halogens is 3. The molecule has 0 saturated heterocycles. The molecule has 1 amide bonds. The molecule has 0 radical (unpaired) electrons. The monoisotopic (exact) mass is 689 g/mol. The van der Waals surface area contributed by atoms with E-state index in [9.17, 15) is 37.0 Å². The lowest BCUT2D eigenvalue weighted by Gasteiger charge is -2.31. The van der Waals surface area contributed by atoms with Crippen molar-refractivity contribution in [1.82, 2.24) is 19.9 Å². The molecule has 0 aliphatic heterocycles. The molecular formula is C32H34F3N5O5S2. The van der Waals surface area contributed by atoms with Gasteiger partial charge >= 0.3 is 12.1 Å². The number of hydrogen-bond acceptors (Lipinski definition) is 8. The zero-order valence-corrected chi connectivity index (χ0v) is 27.5. The van der Waals surface area contributed by atoms with E-state index in [0.717, 1.165) is 17.5 Å². The van der Waals surface area contributed by atoms with Crippen molar-refractivity contribution in [3.63, 3.8) is 0 Å². The Morgan fingerprint density at radius 3 is 2.47 bits per heavy atom. The van der Waals surface area contributed by atoms with Gasteiger partial charge in [0.15, 0.2) is 5.16 Å². The van der Waals surface area contributed by atoms with E-state index in [1.54, 1.807) is 32.0 Å². The Labute approximate surface area is 276 Å². The van der Waals surface area contributed by atoms with Crippen LogP contribution < -0.4 is 0 Å². The first-order chi connectivity index (χ1) is 22.2. The van der Waals surface area contributed by atoms with Crippen molar-refractivity contribution in [2.24, 2.45) is 10.5 Å². The molecule has 4 aromatic rings. The smallest absolute Gasteiger partial charge is 0.393 e. The van der Waals surface area contributed by atoms with Gasteiger partial charge in [-0.3, -0.25) is 18.8 Å². The average molecular weight is 690 g/mol. The molecule has 0 aliphatic carbocycles. The summed E-state index contributed by atoms with van der Waals surface area (Å²) in [5, 5.41) is 10.2. The SMILES string of the molecule is Cc1c(CC(F)(F)F)ccnc1CS(=O)c1nc2c(C[C@H](CC(=O)N(Cc3ccccc3)CC(C)(C)SN=O)C(=O)O)cccc2[nH]1. The molecule has 15 heteroatoms. The Bertz CT molecular complexity index is 1770. The molecule has 0 bridgehead atoms. The van der Waals surface area contributed by atoms with Crippen LogP contribution in [0, 0.1) is 17.7 Å². The summed E-state index contributed by atoms with van der Waals surface area (Å²) in [4.78, 5) is 50.1. The maximum absolute atomic E-state index is 13.6. The Balaban J connectivity index is 1.54. The number of imidazole rings is 1. The third kappa shape index (κ3) is 9.94. The molecule has 4 rings (SSSR count). The molecule has 2 N–H and O–H groups in total. The molecule has 2 aromatic carbocycles. The first-order valence-electron chi connectivity index (χ1n) is 14.6. The summed E-state index contributed by atoms with van der Waals surface area (Å²) in [6.07, 6.45) is -4.65. The lowest BCUT2D eigenvalue weighted by atomic mass is 9.94. The van der Waals surface area contributed by atoms with Gasteiger partial charge < -0.3 is 15.0 Å². The molecule has 2 atom stereocenters. The summed E-state index contributed by atoms with van der Waals surface area (Å²) in [7, 11) is -1.80. The Kier molecular flexibility index (Phi) is 11.6. The van der Waals surface area contributed by atoms with Gasteiger partial charge in [0, 0.05) is 42.2 Å². The topological polar surface area (TPSA) is 146 Å². The van der Waals surface area contributed by atoms with Crippen LogP contribution in [0.2, 0.25) is 0 Å². The van der Waals surface area contributed by atoms with E-state index in [1.165, 1.54) is 24.1 Å². The number of H-pyrrole nitrogens is 1. The predicted octanol–water partition coefficient (Wildman–Crippen LogP) is 6.53. The van der Waals surface area contributed by atoms with Gasteiger partial charge in [0.25, 0.3) is 0 Å². The molecule has 47 heavy (non-hydrogen) atoms. The number of aliphatic carboxylic acids is 1. The highest BCUT2D eigenvalue weighted by Gasteiger charge is 2.31. The van der Waals surface area contributed by atoms with Gasteiger partial charge in [0.05, 0.1) is 50.4 Å². The van der Waals surface area contributed by atoms with Crippen LogP contribution in [-0.4, -0.2) is 58.5 Å². The summed E-state index contributed by atoms with van der Waals surface area (Å²) in [5.41, 5.74) is 2.82. The van der Waals surface area contributed by atoms with Crippen LogP contribution in [0.3, 0.4) is 0 Å². The minimum atomic E-state index is -4.40. The van der Waals surface area contributed by atoms with Gasteiger partial charge in [-0.25, -0.2) is 4.98 Å². The van der Waals surface area contributed by atoms with Crippen molar-refractivity contribution < 1.29 is 32.1 Å².